The molecule has 0 spiro atoms. The number of amides is 1. The fourth-order valence-corrected chi connectivity index (χ4v) is 4.51. The van der Waals surface area contributed by atoms with Crippen molar-refractivity contribution in [2.24, 2.45) is 0 Å². The molecule has 1 fully saturated rings. The van der Waals surface area contributed by atoms with Crippen molar-refractivity contribution < 1.29 is 13.6 Å². The number of carbonyl (C=O) groups excluding carboxylic acids is 1. The van der Waals surface area contributed by atoms with Crippen LogP contribution in [0.4, 0.5) is 14.5 Å². The SMILES string of the molecule is O=C(Cn1nc2ccc(SC3CCCCC3)nn2c1=O)Nc1ccc(F)c(F)c1. The van der Waals surface area contributed by atoms with Crippen LogP contribution in [0.1, 0.15) is 32.1 Å². The van der Waals surface area contributed by atoms with Gasteiger partial charge in [0.05, 0.1) is 0 Å². The van der Waals surface area contributed by atoms with Crippen LogP contribution in [0.15, 0.2) is 40.2 Å². The topological polar surface area (TPSA) is 81.3 Å². The Morgan fingerprint density at radius 1 is 1.10 bits per heavy atom. The third-order valence-electron chi connectivity index (χ3n) is 4.75. The number of anilines is 1. The number of nitrogens with zero attached hydrogens (tertiary/aromatic N) is 4. The van der Waals surface area contributed by atoms with E-state index in [1.165, 1.54) is 29.8 Å². The monoisotopic (exact) mass is 419 g/mol. The molecule has 0 aliphatic heterocycles. The summed E-state index contributed by atoms with van der Waals surface area (Å²) >= 11 is 1.66. The van der Waals surface area contributed by atoms with Crippen LogP contribution in [-0.2, 0) is 11.3 Å². The normalized spacial score (nSPS) is 15.0. The summed E-state index contributed by atoms with van der Waals surface area (Å²) in [5.74, 6) is -2.66. The summed E-state index contributed by atoms with van der Waals surface area (Å²) in [6.07, 6.45) is 5.98. The van der Waals surface area contributed by atoms with E-state index >= 15 is 0 Å². The molecule has 4 rings (SSSR count). The Labute approximate surface area is 169 Å². The summed E-state index contributed by atoms with van der Waals surface area (Å²) in [6.45, 7) is -0.369. The maximum atomic E-state index is 13.3. The summed E-state index contributed by atoms with van der Waals surface area (Å²) in [4.78, 5) is 24.7. The maximum Gasteiger partial charge on any atom is 0.367 e. The Hall–Kier alpha value is -2.75. The van der Waals surface area contributed by atoms with E-state index in [-0.39, 0.29) is 12.2 Å². The zero-order valence-corrected chi connectivity index (χ0v) is 16.3. The Balaban J connectivity index is 1.48. The molecule has 1 saturated carbocycles. The minimum absolute atomic E-state index is 0.0926. The zero-order valence-electron chi connectivity index (χ0n) is 15.5. The number of hydrogen-bond donors (Lipinski definition) is 1. The molecule has 7 nitrogen and oxygen atoms in total. The fraction of sp³-hybridized carbons (Fsp3) is 0.368. The number of halogens is 2. The molecule has 0 atom stereocenters. The van der Waals surface area contributed by atoms with Gasteiger partial charge in [0.15, 0.2) is 17.3 Å². The van der Waals surface area contributed by atoms with Crippen molar-refractivity contribution in [1.29, 1.82) is 0 Å². The molecule has 0 radical (unpaired) electrons. The lowest BCUT2D eigenvalue weighted by atomic mass is 10.0. The quantitative estimate of drug-likeness (QED) is 0.687. The lowest BCUT2D eigenvalue weighted by Gasteiger charge is -2.20. The Kier molecular flexibility index (Phi) is 5.61. The molecule has 152 valence electrons. The molecule has 0 saturated heterocycles. The third kappa shape index (κ3) is 4.47. The second kappa shape index (κ2) is 8.32. The van der Waals surface area contributed by atoms with Crippen molar-refractivity contribution in [2.75, 3.05) is 5.32 Å². The van der Waals surface area contributed by atoms with Crippen LogP contribution in [0.2, 0.25) is 0 Å². The molecule has 1 aliphatic carbocycles. The van der Waals surface area contributed by atoms with Gasteiger partial charge in [0.2, 0.25) is 5.91 Å². The van der Waals surface area contributed by atoms with E-state index < -0.39 is 23.2 Å². The van der Waals surface area contributed by atoms with Gasteiger partial charge >= 0.3 is 5.69 Å². The maximum absolute atomic E-state index is 13.3. The highest BCUT2D eigenvalue weighted by molar-refractivity contribution is 7.99. The standard InChI is InChI=1S/C19H19F2N5O2S/c20-14-7-6-12(10-15(14)21)22-17(27)11-25-19(28)26-16(23-25)8-9-18(24-26)29-13-4-2-1-3-5-13/h6-10,13H,1-5,11H2,(H,22,27). The van der Waals surface area contributed by atoms with Crippen LogP contribution in [0.5, 0.6) is 0 Å². The lowest BCUT2D eigenvalue weighted by molar-refractivity contribution is -0.117. The molecular formula is C19H19F2N5O2S. The summed E-state index contributed by atoms with van der Waals surface area (Å²) < 4.78 is 28.4. The summed E-state index contributed by atoms with van der Waals surface area (Å²) in [7, 11) is 0. The number of aromatic nitrogens is 4. The van der Waals surface area contributed by atoms with Gasteiger partial charge in [0, 0.05) is 17.0 Å². The van der Waals surface area contributed by atoms with E-state index in [1.807, 2.05) is 6.07 Å². The van der Waals surface area contributed by atoms with Crippen molar-refractivity contribution in [3.63, 3.8) is 0 Å². The molecule has 1 aliphatic rings. The molecule has 1 amide bonds. The highest BCUT2D eigenvalue weighted by atomic mass is 32.2. The smallest absolute Gasteiger partial charge is 0.324 e. The van der Waals surface area contributed by atoms with Crippen LogP contribution >= 0.6 is 11.8 Å². The highest BCUT2D eigenvalue weighted by Crippen LogP contribution is 2.32. The molecule has 0 bridgehead atoms. The summed E-state index contributed by atoms with van der Waals surface area (Å²) in [5, 5.41) is 12.1. The van der Waals surface area contributed by atoms with Crippen LogP contribution in [-0.4, -0.2) is 30.6 Å². The first-order valence-electron chi connectivity index (χ1n) is 9.38. The predicted molar refractivity (Wildman–Crippen MR) is 105 cm³/mol. The summed E-state index contributed by atoms with van der Waals surface area (Å²) in [6, 6.07) is 6.54. The minimum atomic E-state index is -1.07. The molecule has 29 heavy (non-hydrogen) atoms. The number of nitrogens with one attached hydrogen (secondary N) is 1. The van der Waals surface area contributed by atoms with Gasteiger partial charge in [-0.3, -0.25) is 4.79 Å². The first-order valence-corrected chi connectivity index (χ1v) is 10.3. The average Bonchev–Trinajstić information content (AvgIpc) is 3.01. The van der Waals surface area contributed by atoms with E-state index in [0.29, 0.717) is 10.9 Å². The fourth-order valence-electron chi connectivity index (χ4n) is 3.32. The van der Waals surface area contributed by atoms with E-state index in [0.717, 1.165) is 34.7 Å². The van der Waals surface area contributed by atoms with Gasteiger partial charge in [0.25, 0.3) is 0 Å². The van der Waals surface area contributed by atoms with Gasteiger partial charge in [-0.1, -0.05) is 19.3 Å². The average molecular weight is 419 g/mol. The second-order valence-electron chi connectivity index (χ2n) is 6.94. The van der Waals surface area contributed by atoms with Gasteiger partial charge in [-0.2, -0.15) is 9.61 Å². The largest absolute Gasteiger partial charge is 0.367 e. The lowest BCUT2D eigenvalue weighted by Crippen LogP contribution is -2.29. The van der Waals surface area contributed by atoms with Crippen molar-refractivity contribution in [2.45, 2.75) is 48.9 Å². The Morgan fingerprint density at radius 3 is 2.66 bits per heavy atom. The molecule has 2 aromatic heterocycles. The van der Waals surface area contributed by atoms with Crippen LogP contribution in [0.25, 0.3) is 5.65 Å². The first kappa shape index (κ1) is 19.6. The highest BCUT2D eigenvalue weighted by Gasteiger charge is 2.17. The van der Waals surface area contributed by atoms with Crippen molar-refractivity contribution in [1.82, 2.24) is 19.4 Å². The molecule has 3 aromatic rings. The number of rotatable bonds is 5. The Bertz CT molecular complexity index is 1110. The number of benzene rings is 1. The third-order valence-corrected chi connectivity index (χ3v) is 6.02. The van der Waals surface area contributed by atoms with Gasteiger partial charge in [-0.25, -0.2) is 18.3 Å². The van der Waals surface area contributed by atoms with E-state index in [1.54, 1.807) is 17.8 Å². The van der Waals surface area contributed by atoms with E-state index in [9.17, 15) is 18.4 Å². The van der Waals surface area contributed by atoms with Gasteiger partial charge in [-0.05, 0) is 37.1 Å². The van der Waals surface area contributed by atoms with Crippen molar-refractivity contribution >= 4 is 29.0 Å². The van der Waals surface area contributed by atoms with Gasteiger partial charge in [0.1, 0.15) is 11.6 Å². The van der Waals surface area contributed by atoms with Crippen LogP contribution < -0.4 is 11.0 Å². The summed E-state index contributed by atoms with van der Waals surface area (Å²) in [5.41, 5.74) is -0.106. The van der Waals surface area contributed by atoms with E-state index in [4.69, 9.17) is 0 Å². The second-order valence-corrected chi connectivity index (χ2v) is 8.26. The molecule has 0 unspecified atom stereocenters. The van der Waals surface area contributed by atoms with Gasteiger partial charge < -0.3 is 5.32 Å². The Morgan fingerprint density at radius 2 is 1.90 bits per heavy atom. The molecule has 2 heterocycles. The van der Waals surface area contributed by atoms with Crippen molar-refractivity contribution in [3.05, 3.63) is 52.5 Å². The molecule has 1 aromatic carbocycles. The molecule has 1 N–H and O–H groups in total. The zero-order chi connectivity index (χ0) is 20.4. The number of carbonyl (C=O) groups is 1. The number of thioether (sulfide) groups is 1. The number of fused-ring (bicyclic) bond motifs is 1. The predicted octanol–water partition coefficient (Wildman–Crippen LogP) is 3.23. The number of hydrogen-bond acceptors (Lipinski definition) is 5. The minimum Gasteiger partial charge on any atom is -0.324 e. The van der Waals surface area contributed by atoms with Crippen LogP contribution in [0, 0.1) is 11.6 Å². The first-order chi connectivity index (χ1) is 14.0. The molecular weight excluding hydrogens is 400 g/mol. The van der Waals surface area contributed by atoms with E-state index in [2.05, 4.69) is 15.5 Å². The molecule has 10 heteroatoms. The van der Waals surface area contributed by atoms with Crippen LogP contribution in [0.3, 0.4) is 0 Å². The van der Waals surface area contributed by atoms with Gasteiger partial charge in [-0.15, -0.1) is 16.9 Å². The van der Waals surface area contributed by atoms with Crippen molar-refractivity contribution in [3.8, 4) is 0 Å².